The van der Waals surface area contributed by atoms with Gasteiger partial charge in [0, 0.05) is 75.3 Å². The van der Waals surface area contributed by atoms with E-state index in [1.165, 1.54) is 33.7 Å². The summed E-state index contributed by atoms with van der Waals surface area (Å²) in [5.74, 6) is 0. The van der Waals surface area contributed by atoms with Gasteiger partial charge in [-0.2, -0.15) is 5.10 Å². The minimum Gasteiger partial charge on any atom is -0.378 e. The molecule has 0 saturated carbocycles. The lowest BCUT2D eigenvalue weighted by molar-refractivity contribution is 0.0548. The number of ether oxygens (including phenoxy) is 1. The Balaban J connectivity index is 1.27. The predicted octanol–water partition coefficient (Wildman–Crippen LogP) is 5.75. The average molecular weight is 548 g/mol. The number of anilines is 1. The summed E-state index contributed by atoms with van der Waals surface area (Å²) >= 11 is 6.04. The molecule has 3 aliphatic rings. The van der Waals surface area contributed by atoms with Crippen molar-refractivity contribution in [1.29, 1.82) is 0 Å². The largest absolute Gasteiger partial charge is 0.378 e. The highest BCUT2D eigenvalue weighted by atomic mass is 35.5. The smallest absolute Gasteiger partial charge is 0.0642 e. The molecule has 208 valence electrons. The van der Waals surface area contributed by atoms with Gasteiger partial charge in [0.15, 0.2) is 0 Å². The van der Waals surface area contributed by atoms with Gasteiger partial charge in [-0.1, -0.05) is 35.9 Å². The molecule has 39 heavy (non-hydrogen) atoms. The van der Waals surface area contributed by atoms with Gasteiger partial charge < -0.3 is 14.5 Å². The number of hydrogen-bond acceptors (Lipinski definition) is 6. The van der Waals surface area contributed by atoms with E-state index in [0.29, 0.717) is 0 Å². The topological polar surface area (TPSA) is 34.5 Å². The first kappa shape index (κ1) is 27.8. The van der Waals surface area contributed by atoms with E-state index in [2.05, 4.69) is 82.2 Å². The van der Waals surface area contributed by atoms with Crippen LogP contribution in [0.5, 0.6) is 0 Å². The Hall–Kier alpha value is -2.80. The zero-order valence-corrected chi connectivity index (χ0v) is 24.2. The highest BCUT2D eigenvalue weighted by molar-refractivity contribution is 6.30. The molecule has 5 rings (SSSR count). The number of morpholine rings is 1. The molecule has 2 aromatic carbocycles. The van der Waals surface area contributed by atoms with Crippen molar-refractivity contribution in [3.8, 4) is 0 Å². The van der Waals surface area contributed by atoms with Crippen molar-refractivity contribution in [2.45, 2.75) is 33.2 Å². The zero-order valence-electron chi connectivity index (χ0n) is 23.5. The number of nitrogens with zero attached hydrogens (tertiary/aromatic N) is 5. The van der Waals surface area contributed by atoms with Gasteiger partial charge in [0.2, 0.25) is 0 Å². The number of halogens is 1. The van der Waals surface area contributed by atoms with E-state index in [-0.39, 0.29) is 0 Å². The summed E-state index contributed by atoms with van der Waals surface area (Å²) < 4.78 is 5.68. The van der Waals surface area contributed by atoms with Crippen molar-refractivity contribution in [3.63, 3.8) is 0 Å². The van der Waals surface area contributed by atoms with Crippen LogP contribution in [0.2, 0.25) is 5.02 Å². The fraction of sp³-hybridized carbons (Fsp3) is 0.469. The molecule has 0 spiro atoms. The molecule has 0 atom stereocenters. The minimum absolute atomic E-state index is 0.787. The van der Waals surface area contributed by atoms with Crippen LogP contribution in [0.3, 0.4) is 0 Å². The number of benzene rings is 2. The Labute approximate surface area is 239 Å². The Morgan fingerprint density at radius 1 is 0.872 bits per heavy atom. The monoisotopic (exact) mass is 547 g/mol. The second kappa shape index (κ2) is 13.5. The van der Waals surface area contributed by atoms with Gasteiger partial charge in [0.1, 0.15) is 0 Å². The first-order valence-electron chi connectivity index (χ1n) is 14.5. The lowest BCUT2D eigenvalue weighted by Gasteiger charge is -2.33. The fourth-order valence-electron chi connectivity index (χ4n) is 5.75. The van der Waals surface area contributed by atoms with Gasteiger partial charge in [0.25, 0.3) is 0 Å². The van der Waals surface area contributed by atoms with Crippen molar-refractivity contribution < 1.29 is 4.74 Å². The maximum atomic E-state index is 6.04. The molecular formula is C32H42ClN5O. The van der Waals surface area contributed by atoms with E-state index >= 15 is 0 Å². The third kappa shape index (κ3) is 7.24. The molecule has 0 aromatic heterocycles. The van der Waals surface area contributed by atoms with Gasteiger partial charge in [-0.05, 0) is 79.3 Å². The molecule has 0 radical (unpaired) electrons. The van der Waals surface area contributed by atoms with Crippen molar-refractivity contribution in [2.24, 2.45) is 5.10 Å². The highest BCUT2D eigenvalue weighted by Gasteiger charge is 2.26. The van der Waals surface area contributed by atoms with Crippen LogP contribution in [0, 0.1) is 0 Å². The maximum Gasteiger partial charge on any atom is 0.0642 e. The van der Waals surface area contributed by atoms with Gasteiger partial charge in [-0.3, -0.25) is 9.91 Å². The molecule has 6 nitrogen and oxygen atoms in total. The molecule has 2 aromatic rings. The van der Waals surface area contributed by atoms with Crippen molar-refractivity contribution >= 4 is 29.6 Å². The van der Waals surface area contributed by atoms with Crippen molar-refractivity contribution in [2.75, 3.05) is 70.5 Å². The number of hydrazone groups is 1. The minimum atomic E-state index is 0.787. The molecule has 0 unspecified atom stereocenters. The van der Waals surface area contributed by atoms with E-state index in [0.717, 1.165) is 90.0 Å². The summed E-state index contributed by atoms with van der Waals surface area (Å²) in [6, 6.07) is 17.2. The van der Waals surface area contributed by atoms with E-state index < -0.39 is 0 Å². The predicted molar refractivity (Wildman–Crippen MR) is 163 cm³/mol. The Morgan fingerprint density at radius 2 is 1.56 bits per heavy atom. The van der Waals surface area contributed by atoms with Crippen LogP contribution in [0.25, 0.3) is 6.08 Å². The highest BCUT2D eigenvalue weighted by Crippen LogP contribution is 2.35. The number of rotatable bonds is 9. The van der Waals surface area contributed by atoms with Crippen LogP contribution in [-0.4, -0.2) is 86.6 Å². The molecular weight excluding hydrogens is 506 g/mol. The molecule has 2 fully saturated rings. The van der Waals surface area contributed by atoms with Gasteiger partial charge >= 0.3 is 0 Å². The summed E-state index contributed by atoms with van der Waals surface area (Å²) in [7, 11) is 0. The molecule has 0 bridgehead atoms. The number of piperazine rings is 1. The van der Waals surface area contributed by atoms with Gasteiger partial charge in [-0.25, -0.2) is 0 Å². The third-order valence-electron chi connectivity index (χ3n) is 8.01. The molecule has 0 N–H and O–H groups in total. The number of hydrogen-bond donors (Lipinski definition) is 0. The zero-order chi connectivity index (χ0) is 27.0. The van der Waals surface area contributed by atoms with Gasteiger partial charge in [0.05, 0.1) is 19.4 Å². The molecule has 2 saturated heterocycles. The molecule has 1 aliphatic carbocycles. The van der Waals surface area contributed by atoms with Crippen LogP contribution in [0.4, 0.5) is 5.69 Å². The van der Waals surface area contributed by atoms with Crippen LogP contribution < -0.4 is 4.90 Å². The molecule has 2 aliphatic heterocycles. The fourth-order valence-corrected chi connectivity index (χ4v) is 5.88. The quantitative estimate of drug-likeness (QED) is 0.373. The van der Waals surface area contributed by atoms with E-state index in [1.54, 1.807) is 0 Å². The molecule has 0 amide bonds. The average Bonchev–Trinajstić information content (AvgIpc) is 3.38. The molecule has 7 heteroatoms. The first-order valence-corrected chi connectivity index (χ1v) is 14.9. The summed E-state index contributed by atoms with van der Waals surface area (Å²) in [5, 5.41) is 8.00. The second-order valence-electron chi connectivity index (χ2n) is 10.5. The Bertz CT molecular complexity index is 1160. The Kier molecular flexibility index (Phi) is 9.62. The summed E-state index contributed by atoms with van der Waals surface area (Å²) in [6.45, 7) is 14.8. The lowest BCUT2D eigenvalue weighted by Crippen LogP contribution is -2.43. The van der Waals surface area contributed by atoms with Crippen LogP contribution in [0.1, 0.15) is 37.8 Å². The van der Waals surface area contributed by atoms with E-state index in [1.807, 2.05) is 12.1 Å². The van der Waals surface area contributed by atoms with Crippen LogP contribution >= 0.6 is 11.6 Å². The summed E-state index contributed by atoms with van der Waals surface area (Å²) in [6.07, 6.45) is 6.62. The second-order valence-corrected chi connectivity index (χ2v) is 10.9. The number of allylic oxidation sites excluding steroid dienone is 2. The normalized spacial score (nSPS) is 20.0. The van der Waals surface area contributed by atoms with Crippen LogP contribution in [-0.2, 0) is 11.3 Å². The SMILES string of the molecule is CCN(CC)c1ccc(/C=C2/CCC(C=NN3CCN(Cc4ccc(Cl)cc4)CC3)=C2N2CCOCC2)cc1. The van der Waals surface area contributed by atoms with Crippen molar-refractivity contribution in [1.82, 2.24) is 14.8 Å². The van der Waals surface area contributed by atoms with Crippen LogP contribution in [0.15, 0.2) is 70.5 Å². The van der Waals surface area contributed by atoms with E-state index in [4.69, 9.17) is 21.4 Å². The standard InChI is InChI=1S/C32H42ClN5O/c1-3-36(4-2)31-13-7-26(8-14-31)23-28-9-10-29(32(28)37-19-21-39-22-20-37)24-34-38-17-15-35(16-18-38)25-27-5-11-30(33)12-6-27/h5-8,11-14,23-24H,3-4,9-10,15-22,25H2,1-2H3/b28-23-,34-24?. The lowest BCUT2D eigenvalue weighted by atomic mass is 10.1. The molecule has 2 heterocycles. The summed E-state index contributed by atoms with van der Waals surface area (Å²) in [5.41, 5.74) is 8.01. The first-order chi connectivity index (χ1) is 19.1. The Morgan fingerprint density at radius 3 is 2.23 bits per heavy atom. The van der Waals surface area contributed by atoms with Gasteiger partial charge in [-0.15, -0.1) is 0 Å². The maximum absolute atomic E-state index is 6.04. The van der Waals surface area contributed by atoms with E-state index in [9.17, 15) is 0 Å². The summed E-state index contributed by atoms with van der Waals surface area (Å²) in [4.78, 5) is 7.39. The third-order valence-corrected chi connectivity index (χ3v) is 8.26. The van der Waals surface area contributed by atoms with Crippen molar-refractivity contribution in [3.05, 3.63) is 81.5 Å².